The number of carbonyl (C=O) groups is 1. The van der Waals surface area contributed by atoms with Gasteiger partial charge >= 0.3 is 0 Å². The van der Waals surface area contributed by atoms with E-state index in [0.717, 1.165) is 11.1 Å². The topological polar surface area (TPSA) is 84.5 Å². The molecule has 0 spiro atoms. The van der Waals surface area contributed by atoms with Gasteiger partial charge in [0.1, 0.15) is 12.4 Å². The van der Waals surface area contributed by atoms with E-state index >= 15 is 0 Å². The molecule has 0 aliphatic carbocycles. The van der Waals surface area contributed by atoms with Gasteiger partial charge in [0.2, 0.25) is 0 Å². The van der Waals surface area contributed by atoms with E-state index < -0.39 is 20.5 Å². The summed E-state index contributed by atoms with van der Waals surface area (Å²) in [6, 6.07) is 23.3. The van der Waals surface area contributed by atoms with Crippen molar-refractivity contribution in [3.8, 4) is 5.75 Å². The molecule has 0 saturated heterocycles. The SMILES string of the molecule is Cc1ccc(S(=O)(=O)C(C)(C)C(=O)NNc2ccc(OCc3ccccc3)cc2)cc1. The smallest absolute Gasteiger partial charge is 0.259 e. The van der Waals surface area contributed by atoms with Crippen molar-refractivity contribution in [2.24, 2.45) is 0 Å². The quantitative estimate of drug-likeness (QED) is 0.513. The molecule has 0 bridgehead atoms. The first kappa shape index (κ1) is 22.4. The number of hydrogen-bond donors (Lipinski definition) is 2. The predicted molar refractivity (Wildman–Crippen MR) is 121 cm³/mol. The van der Waals surface area contributed by atoms with Gasteiger partial charge in [-0.3, -0.25) is 15.6 Å². The first-order valence-electron chi connectivity index (χ1n) is 9.85. The second kappa shape index (κ2) is 9.22. The highest BCUT2D eigenvalue weighted by Gasteiger charge is 2.42. The molecule has 7 heteroatoms. The van der Waals surface area contributed by atoms with Crippen molar-refractivity contribution >= 4 is 21.4 Å². The Morgan fingerprint density at radius 2 is 1.52 bits per heavy atom. The summed E-state index contributed by atoms with van der Waals surface area (Å²) in [4.78, 5) is 12.8. The molecular weight excluding hydrogens is 412 g/mol. The number of carbonyl (C=O) groups excluding carboxylic acids is 1. The summed E-state index contributed by atoms with van der Waals surface area (Å²) in [7, 11) is -3.87. The number of hydrazine groups is 1. The van der Waals surface area contributed by atoms with Crippen molar-refractivity contribution in [3.05, 3.63) is 90.0 Å². The summed E-state index contributed by atoms with van der Waals surface area (Å²) in [5.74, 6) is 0.0282. The van der Waals surface area contributed by atoms with Gasteiger partial charge in [0.15, 0.2) is 14.6 Å². The van der Waals surface area contributed by atoms with Crippen LogP contribution in [-0.4, -0.2) is 19.1 Å². The largest absolute Gasteiger partial charge is 0.489 e. The molecule has 0 fully saturated rings. The van der Waals surface area contributed by atoms with Gasteiger partial charge in [-0.05, 0) is 62.7 Å². The molecule has 0 aliphatic rings. The van der Waals surface area contributed by atoms with Crippen LogP contribution in [0.2, 0.25) is 0 Å². The van der Waals surface area contributed by atoms with Crippen molar-refractivity contribution in [2.45, 2.75) is 37.0 Å². The number of anilines is 1. The van der Waals surface area contributed by atoms with Crippen LogP contribution in [0, 0.1) is 6.92 Å². The lowest BCUT2D eigenvalue weighted by molar-refractivity contribution is -0.122. The number of rotatable bonds is 8. The maximum absolute atomic E-state index is 12.9. The van der Waals surface area contributed by atoms with E-state index in [1.54, 1.807) is 36.4 Å². The Morgan fingerprint density at radius 1 is 0.903 bits per heavy atom. The normalized spacial score (nSPS) is 11.6. The van der Waals surface area contributed by atoms with Gasteiger partial charge in [0.25, 0.3) is 5.91 Å². The zero-order valence-corrected chi connectivity index (χ0v) is 18.6. The summed E-state index contributed by atoms with van der Waals surface area (Å²) in [5.41, 5.74) is 7.87. The molecule has 31 heavy (non-hydrogen) atoms. The van der Waals surface area contributed by atoms with Crippen molar-refractivity contribution < 1.29 is 17.9 Å². The third-order valence-corrected chi connectivity index (χ3v) is 7.39. The molecular formula is C24H26N2O4S. The highest BCUT2D eigenvalue weighted by atomic mass is 32.2. The molecule has 0 heterocycles. The predicted octanol–water partition coefficient (Wildman–Crippen LogP) is 4.27. The second-order valence-corrected chi connectivity index (χ2v) is 10.2. The van der Waals surface area contributed by atoms with Crippen molar-refractivity contribution in [1.29, 1.82) is 0 Å². The summed E-state index contributed by atoms with van der Waals surface area (Å²) in [5, 5.41) is 0. The van der Waals surface area contributed by atoms with Crippen LogP contribution in [0.1, 0.15) is 25.0 Å². The third kappa shape index (κ3) is 5.24. The van der Waals surface area contributed by atoms with E-state index in [-0.39, 0.29) is 4.90 Å². The molecule has 0 radical (unpaired) electrons. The van der Waals surface area contributed by atoms with Gasteiger partial charge in [-0.2, -0.15) is 0 Å². The summed E-state index contributed by atoms with van der Waals surface area (Å²) in [6.07, 6.45) is 0. The number of hydrogen-bond acceptors (Lipinski definition) is 5. The third-order valence-electron chi connectivity index (χ3n) is 4.97. The fraction of sp³-hybridized carbons (Fsp3) is 0.208. The zero-order chi connectivity index (χ0) is 22.5. The van der Waals surface area contributed by atoms with E-state index in [0.29, 0.717) is 18.0 Å². The molecule has 0 aromatic heterocycles. The number of ether oxygens (including phenoxy) is 1. The highest BCUT2D eigenvalue weighted by Crippen LogP contribution is 2.26. The number of amides is 1. The molecule has 6 nitrogen and oxygen atoms in total. The molecule has 1 amide bonds. The molecule has 2 N–H and O–H groups in total. The molecule has 0 saturated carbocycles. The molecule has 3 aromatic rings. The number of sulfone groups is 1. The molecule has 0 aliphatic heterocycles. The monoisotopic (exact) mass is 438 g/mol. The van der Waals surface area contributed by atoms with Crippen LogP contribution in [0.3, 0.4) is 0 Å². The van der Waals surface area contributed by atoms with Crippen LogP contribution in [-0.2, 0) is 21.2 Å². The average Bonchev–Trinajstić information content (AvgIpc) is 2.77. The Kier molecular flexibility index (Phi) is 6.65. The van der Waals surface area contributed by atoms with Crippen LogP contribution in [0.25, 0.3) is 0 Å². The van der Waals surface area contributed by atoms with Crippen molar-refractivity contribution in [1.82, 2.24) is 5.43 Å². The summed E-state index contributed by atoms with van der Waals surface area (Å²) >= 11 is 0. The lowest BCUT2D eigenvalue weighted by atomic mass is 10.2. The van der Waals surface area contributed by atoms with Crippen molar-refractivity contribution in [3.63, 3.8) is 0 Å². The Balaban J connectivity index is 1.59. The molecule has 162 valence electrons. The first-order chi connectivity index (χ1) is 14.7. The van der Waals surface area contributed by atoms with Crippen molar-refractivity contribution in [2.75, 3.05) is 5.43 Å². The Labute approximate surface area is 183 Å². The fourth-order valence-corrected chi connectivity index (χ4v) is 4.17. The molecule has 0 unspecified atom stereocenters. The highest BCUT2D eigenvalue weighted by molar-refractivity contribution is 7.93. The minimum absolute atomic E-state index is 0.109. The number of benzene rings is 3. The van der Waals surface area contributed by atoms with E-state index in [4.69, 9.17) is 4.74 Å². The first-order valence-corrected chi connectivity index (χ1v) is 11.3. The Hall–Kier alpha value is -3.32. The minimum atomic E-state index is -3.87. The lowest BCUT2D eigenvalue weighted by Crippen LogP contribution is -2.49. The van der Waals surface area contributed by atoms with E-state index in [9.17, 15) is 13.2 Å². The fourth-order valence-electron chi connectivity index (χ4n) is 2.79. The van der Waals surface area contributed by atoms with Gasteiger partial charge in [-0.1, -0.05) is 48.0 Å². The van der Waals surface area contributed by atoms with Crippen LogP contribution < -0.4 is 15.6 Å². The Morgan fingerprint density at radius 3 is 2.13 bits per heavy atom. The second-order valence-electron chi connectivity index (χ2n) is 7.70. The molecule has 3 aromatic carbocycles. The average molecular weight is 439 g/mol. The standard InChI is InChI=1S/C24H26N2O4S/c1-18-9-15-22(16-10-18)31(28,29)24(2,3)23(27)26-25-20-11-13-21(14-12-20)30-17-19-7-5-4-6-8-19/h4-16,25H,17H2,1-3H3,(H,26,27). The lowest BCUT2D eigenvalue weighted by Gasteiger charge is -2.24. The van der Waals surface area contributed by atoms with Crippen LogP contribution in [0.15, 0.2) is 83.8 Å². The van der Waals surface area contributed by atoms with E-state index in [1.807, 2.05) is 37.3 Å². The number of nitrogens with one attached hydrogen (secondary N) is 2. The zero-order valence-electron chi connectivity index (χ0n) is 17.8. The van der Waals surface area contributed by atoms with Gasteiger partial charge in [0.05, 0.1) is 10.6 Å². The Bertz CT molecular complexity index is 1120. The number of aryl methyl sites for hydroxylation is 1. The van der Waals surface area contributed by atoms with Gasteiger partial charge in [0, 0.05) is 0 Å². The van der Waals surface area contributed by atoms with E-state index in [1.165, 1.54) is 26.0 Å². The van der Waals surface area contributed by atoms with Crippen LogP contribution >= 0.6 is 0 Å². The maximum Gasteiger partial charge on any atom is 0.259 e. The van der Waals surface area contributed by atoms with E-state index in [2.05, 4.69) is 10.9 Å². The van der Waals surface area contributed by atoms with Crippen LogP contribution in [0.5, 0.6) is 5.75 Å². The summed E-state index contributed by atoms with van der Waals surface area (Å²) in [6.45, 7) is 5.10. The minimum Gasteiger partial charge on any atom is -0.489 e. The maximum atomic E-state index is 12.9. The summed E-state index contributed by atoms with van der Waals surface area (Å²) < 4.78 is 30.0. The van der Waals surface area contributed by atoms with Gasteiger partial charge in [-0.25, -0.2) is 8.42 Å². The molecule has 3 rings (SSSR count). The molecule has 0 atom stereocenters. The van der Waals surface area contributed by atoms with Gasteiger partial charge < -0.3 is 4.74 Å². The van der Waals surface area contributed by atoms with Crippen LogP contribution in [0.4, 0.5) is 5.69 Å². The van der Waals surface area contributed by atoms with Gasteiger partial charge in [-0.15, -0.1) is 0 Å².